The molecule has 35 heavy (non-hydrogen) atoms. The van der Waals surface area contributed by atoms with Crippen LogP contribution >= 0.6 is 0 Å². The molecule has 0 aliphatic carbocycles. The fourth-order valence-corrected chi connectivity index (χ4v) is 6.50. The van der Waals surface area contributed by atoms with Gasteiger partial charge in [-0.25, -0.2) is 8.42 Å². The predicted molar refractivity (Wildman–Crippen MR) is 138 cm³/mol. The third-order valence-corrected chi connectivity index (χ3v) is 8.68. The summed E-state index contributed by atoms with van der Waals surface area (Å²) in [5.74, 6) is -0.157. The highest BCUT2D eigenvalue weighted by atomic mass is 32.2. The SMILES string of the molecule is Cc1ccc(S(=O)(=O)N2CCc3ccccc3C2CC(=O)NCCc2c[nH]c3ccccc23)cc1. The molecule has 6 nitrogen and oxygen atoms in total. The number of sulfonamides is 1. The average Bonchev–Trinajstić information content (AvgIpc) is 3.27. The third kappa shape index (κ3) is 4.74. The Balaban J connectivity index is 1.33. The molecule has 1 aliphatic rings. The van der Waals surface area contributed by atoms with E-state index in [9.17, 15) is 13.2 Å². The lowest BCUT2D eigenvalue weighted by Gasteiger charge is -2.36. The van der Waals surface area contributed by atoms with Crippen LogP contribution in [-0.2, 0) is 27.7 Å². The Morgan fingerprint density at radius 2 is 1.77 bits per heavy atom. The van der Waals surface area contributed by atoms with E-state index in [4.69, 9.17) is 0 Å². The van der Waals surface area contributed by atoms with Gasteiger partial charge >= 0.3 is 0 Å². The normalized spacial score (nSPS) is 16.2. The first-order valence-corrected chi connectivity index (χ1v) is 13.4. The maximum Gasteiger partial charge on any atom is 0.243 e. The van der Waals surface area contributed by atoms with Crippen molar-refractivity contribution >= 4 is 26.8 Å². The molecule has 1 aromatic heterocycles. The molecule has 1 aliphatic heterocycles. The Kier molecular flexibility index (Phi) is 6.45. The van der Waals surface area contributed by atoms with E-state index in [1.165, 1.54) is 4.31 Å². The summed E-state index contributed by atoms with van der Waals surface area (Å²) in [4.78, 5) is 16.5. The molecule has 4 aromatic rings. The molecule has 0 bridgehead atoms. The molecule has 0 spiro atoms. The van der Waals surface area contributed by atoms with Crippen molar-refractivity contribution in [2.75, 3.05) is 13.1 Å². The second kappa shape index (κ2) is 9.68. The Hall–Kier alpha value is -3.42. The second-order valence-corrected chi connectivity index (χ2v) is 10.9. The maximum absolute atomic E-state index is 13.6. The minimum atomic E-state index is -3.75. The molecule has 3 aromatic carbocycles. The minimum absolute atomic E-state index is 0.0794. The van der Waals surface area contributed by atoms with Crippen LogP contribution < -0.4 is 5.32 Å². The zero-order valence-corrected chi connectivity index (χ0v) is 20.5. The molecule has 2 heterocycles. The smallest absolute Gasteiger partial charge is 0.243 e. The summed E-state index contributed by atoms with van der Waals surface area (Å²) in [5.41, 5.74) is 5.22. The van der Waals surface area contributed by atoms with Crippen molar-refractivity contribution in [2.24, 2.45) is 0 Å². The summed E-state index contributed by atoms with van der Waals surface area (Å²) in [5, 5.41) is 4.16. The van der Waals surface area contributed by atoms with Crippen molar-refractivity contribution in [3.63, 3.8) is 0 Å². The molecule has 1 atom stereocenters. The fourth-order valence-electron chi connectivity index (χ4n) is 4.90. The summed E-state index contributed by atoms with van der Waals surface area (Å²) in [6.45, 7) is 2.76. The minimum Gasteiger partial charge on any atom is -0.361 e. The van der Waals surface area contributed by atoms with Crippen LogP contribution in [0.25, 0.3) is 10.9 Å². The number of amides is 1. The van der Waals surface area contributed by atoms with Crippen LogP contribution in [0.15, 0.2) is 83.9 Å². The zero-order chi connectivity index (χ0) is 24.4. The van der Waals surface area contributed by atoms with Gasteiger partial charge in [-0.15, -0.1) is 0 Å². The lowest BCUT2D eigenvalue weighted by molar-refractivity contribution is -0.122. The molecular weight excluding hydrogens is 458 g/mol. The maximum atomic E-state index is 13.6. The summed E-state index contributed by atoms with van der Waals surface area (Å²) in [7, 11) is -3.75. The van der Waals surface area contributed by atoms with Gasteiger partial charge < -0.3 is 10.3 Å². The number of carbonyl (C=O) groups is 1. The first-order valence-electron chi connectivity index (χ1n) is 11.9. The van der Waals surface area contributed by atoms with Crippen LogP contribution in [0.5, 0.6) is 0 Å². The van der Waals surface area contributed by atoms with Gasteiger partial charge in [0.05, 0.1) is 10.9 Å². The molecule has 0 saturated carbocycles. The average molecular weight is 488 g/mol. The number of nitrogens with zero attached hydrogens (tertiary/aromatic N) is 1. The predicted octanol–water partition coefficient (Wildman–Crippen LogP) is 4.51. The topological polar surface area (TPSA) is 82.3 Å². The van der Waals surface area contributed by atoms with Crippen molar-refractivity contribution < 1.29 is 13.2 Å². The van der Waals surface area contributed by atoms with Crippen molar-refractivity contribution in [1.29, 1.82) is 0 Å². The third-order valence-electron chi connectivity index (χ3n) is 6.76. The molecule has 0 fully saturated rings. The van der Waals surface area contributed by atoms with E-state index in [1.807, 2.05) is 55.6 Å². The van der Waals surface area contributed by atoms with Gasteiger partial charge in [-0.05, 0) is 54.7 Å². The Morgan fingerprint density at radius 1 is 1.03 bits per heavy atom. The second-order valence-electron chi connectivity index (χ2n) is 9.06. The Labute approximate surface area is 206 Å². The van der Waals surface area contributed by atoms with Gasteiger partial charge in [0.25, 0.3) is 0 Å². The number of rotatable bonds is 7. The van der Waals surface area contributed by atoms with E-state index < -0.39 is 16.1 Å². The quantitative estimate of drug-likeness (QED) is 0.402. The van der Waals surface area contributed by atoms with Gasteiger partial charge in [0.15, 0.2) is 0 Å². The molecule has 0 saturated heterocycles. The highest BCUT2D eigenvalue weighted by Gasteiger charge is 2.37. The van der Waals surface area contributed by atoms with Gasteiger partial charge in [0.2, 0.25) is 15.9 Å². The van der Waals surface area contributed by atoms with E-state index in [2.05, 4.69) is 16.4 Å². The van der Waals surface area contributed by atoms with Gasteiger partial charge in [-0.3, -0.25) is 4.79 Å². The zero-order valence-electron chi connectivity index (χ0n) is 19.7. The Bertz CT molecular complexity index is 1460. The van der Waals surface area contributed by atoms with Gasteiger partial charge in [-0.2, -0.15) is 4.31 Å². The molecule has 1 unspecified atom stereocenters. The first-order chi connectivity index (χ1) is 16.9. The number of nitrogens with one attached hydrogen (secondary N) is 2. The fraction of sp³-hybridized carbons (Fsp3) is 0.250. The van der Waals surface area contributed by atoms with Gasteiger partial charge in [0.1, 0.15) is 0 Å². The van der Waals surface area contributed by atoms with Crippen LogP contribution in [0.3, 0.4) is 0 Å². The van der Waals surface area contributed by atoms with Crippen LogP contribution in [-0.4, -0.2) is 36.7 Å². The van der Waals surface area contributed by atoms with Crippen molar-refractivity contribution in [3.8, 4) is 0 Å². The molecule has 1 amide bonds. The Morgan fingerprint density at radius 3 is 2.60 bits per heavy atom. The van der Waals surface area contributed by atoms with Gasteiger partial charge in [-0.1, -0.05) is 60.2 Å². The summed E-state index contributed by atoms with van der Waals surface area (Å²) in [6, 6.07) is 22.3. The molecule has 180 valence electrons. The molecule has 5 rings (SSSR count). The number of fused-ring (bicyclic) bond motifs is 2. The number of carbonyl (C=O) groups excluding carboxylic acids is 1. The lowest BCUT2D eigenvalue weighted by atomic mass is 9.92. The van der Waals surface area contributed by atoms with Crippen LogP contribution in [0, 0.1) is 6.92 Å². The highest BCUT2D eigenvalue weighted by Crippen LogP contribution is 2.36. The highest BCUT2D eigenvalue weighted by molar-refractivity contribution is 7.89. The van der Waals surface area contributed by atoms with Crippen LogP contribution in [0.4, 0.5) is 0 Å². The monoisotopic (exact) mass is 487 g/mol. The van der Waals surface area contributed by atoms with E-state index in [1.54, 1.807) is 24.3 Å². The lowest BCUT2D eigenvalue weighted by Crippen LogP contribution is -2.42. The molecule has 0 radical (unpaired) electrons. The van der Waals surface area contributed by atoms with Crippen LogP contribution in [0.2, 0.25) is 0 Å². The van der Waals surface area contributed by atoms with E-state index in [0.717, 1.165) is 33.2 Å². The summed E-state index contributed by atoms with van der Waals surface area (Å²) >= 11 is 0. The standard InChI is InChI=1S/C28H29N3O3S/c1-20-10-12-23(13-11-20)35(33,34)31-17-15-21-6-2-3-8-25(21)27(31)18-28(32)29-16-14-22-19-30-26-9-5-4-7-24(22)26/h2-13,19,27,30H,14-18H2,1H3,(H,29,32). The molecule has 2 N–H and O–H groups in total. The largest absolute Gasteiger partial charge is 0.361 e. The van der Waals surface area contributed by atoms with E-state index >= 15 is 0 Å². The number of benzene rings is 3. The van der Waals surface area contributed by atoms with Crippen molar-refractivity contribution in [2.45, 2.75) is 37.1 Å². The van der Waals surface area contributed by atoms with Crippen molar-refractivity contribution in [1.82, 2.24) is 14.6 Å². The number of aromatic amines is 1. The number of hydrogen-bond acceptors (Lipinski definition) is 3. The van der Waals surface area contributed by atoms with E-state index in [0.29, 0.717) is 25.9 Å². The number of H-pyrrole nitrogens is 1. The molecule has 7 heteroatoms. The number of para-hydroxylation sites is 1. The van der Waals surface area contributed by atoms with E-state index in [-0.39, 0.29) is 17.2 Å². The molecular formula is C28H29N3O3S. The number of hydrogen-bond donors (Lipinski definition) is 2. The summed E-state index contributed by atoms with van der Waals surface area (Å²) < 4.78 is 28.7. The number of aromatic nitrogens is 1. The number of aryl methyl sites for hydroxylation is 1. The van der Waals surface area contributed by atoms with Gasteiger partial charge in [0, 0.05) is 36.6 Å². The van der Waals surface area contributed by atoms with Crippen molar-refractivity contribution in [3.05, 3.63) is 101 Å². The summed E-state index contributed by atoms with van der Waals surface area (Å²) in [6.07, 6.45) is 3.38. The van der Waals surface area contributed by atoms with Crippen LogP contribution in [0.1, 0.15) is 34.7 Å². The first kappa shape index (κ1) is 23.3.